The highest BCUT2D eigenvalue weighted by Crippen LogP contribution is 2.30. The van der Waals surface area contributed by atoms with Gasteiger partial charge in [0.2, 0.25) is 5.91 Å². The van der Waals surface area contributed by atoms with Crippen molar-refractivity contribution >= 4 is 43.6 Å². The average Bonchev–Trinajstić information content (AvgIpc) is 2.61. The Balaban J connectivity index is 1.85. The molecule has 0 spiro atoms. The monoisotopic (exact) mass is 453 g/mol. The molecule has 3 rings (SSSR count). The van der Waals surface area contributed by atoms with E-state index in [9.17, 15) is 18.0 Å². The zero-order chi connectivity index (χ0) is 19.6. The number of fused-ring (bicyclic) bond motifs is 1. The van der Waals surface area contributed by atoms with Gasteiger partial charge >= 0.3 is 16.1 Å². The third-order valence-corrected chi connectivity index (χ3v) is 6.12. The molecule has 0 saturated carbocycles. The highest BCUT2D eigenvalue weighted by atomic mass is 79.9. The maximum Gasteiger partial charge on any atom is 0.340 e. The summed E-state index contributed by atoms with van der Waals surface area (Å²) in [6.07, 6.45) is 0.848. The van der Waals surface area contributed by atoms with E-state index in [1.54, 1.807) is 19.1 Å². The molecule has 1 aliphatic heterocycles. The van der Waals surface area contributed by atoms with E-state index in [0.29, 0.717) is 18.5 Å². The number of carbonyl (C=O) groups excluding carboxylic acids is 2. The summed E-state index contributed by atoms with van der Waals surface area (Å²) in [5.74, 6) is -0.472. The van der Waals surface area contributed by atoms with Crippen molar-refractivity contribution < 1.29 is 26.9 Å². The van der Waals surface area contributed by atoms with Gasteiger partial charge in [-0.1, -0.05) is 0 Å². The lowest BCUT2D eigenvalue weighted by atomic mass is 10.0. The van der Waals surface area contributed by atoms with Crippen LogP contribution in [0.25, 0.3) is 0 Å². The standard InChI is InChI=1S/C18H16BrNO6S/c1-2-25-18(22)12-3-7-16(14(19)10-12)27(23,24)26-13-5-6-15-11(9-13)4-8-17(21)20-15/h3,5-7,9-10H,2,4,8H2,1H3,(H,20,21). The van der Waals surface area contributed by atoms with Crippen LogP contribution in [0.5, 0.6) is 5.75 Å². The first-order valence-corrected chi connectivity index (χ1v) is 10.3. The lowest BCUT2D eigenvalue weighted by molar-refractivity contribution is -0.116. The average molecular weight is 454 g/mol. The van der Waals surface area contributed by atoms with E-state index in [1.165, 1.54) is 24.3 Å². The fourth-order valence-corrected chi connectivity index (χ4v) is 4.58. The normalized spacial score (nSPS) is 13.5. The van der Waals surface area contributed by atoms with Crippen LogP contribution in [-0.2, 0) is 26.1 Å². The predicted octanol–water partition coefficient (Wildman–Crippen LogP) is 3.28. The Morgan fingerprint density at radius 3 is 2.67 bits per heavy atom. The zero-order valence-electron chi connectivity index (χ0n) is 14.3. The lowest BCUT2D eigenvalue weighted by Crippen LogP contribution is -2.19. The van der Waals surface area contributed by atoms with Gasteiger partial charge in [0.05, 0.1) is 12.2 Å². The summed E-state index contributed by atoms with van der Waals surface area (Å²) in [7, 11) is -4.12. The van der Waals surface area contributed by atoms with E-state index in [0.717, 1.165) is 5.56 Å². The minimum atomic E-state index is -4.12. The van der Waals surface area contributed by atoms with Crippen molar-refractivity contribution in [3.63, 3.8) is 0 Å². The van der Waals surface area contributed by atoms with Crippen LogP contribution in [0.3, 0.4) is 0 Å². The zero-order valence-corrected chi connectivity index (χ0v) is 16.7. The maximum atomic E-state index is 12.6. The molecule has 1 heterocycles. The number of anilines is 1. The number of carbonyl (C=O) groups is 2. The predicted molar refractivity (Wildman–Crippen MR) is 101 cm³/mol. The Hall–Kier alpha value is -2.39. The molecule has 0 unspecified atom stereocenters. The van der Waals surface area contributed by atoms with Crippen LogP contribution in [0.1, 0.15) is 29.3 Å². The van der Waals surface area contributed by atoms with Gasteiger partial charge in [-0.15, -0.1) is 0 Å². The number of amides is 1. The van der Waals surface area contributed by atoms with E-state index in [4.69, 9.17) is 8.92 Å². The molecule has 2 aromatic carbocycles. The van der Waals surface area contributed by atoms with Crippen molar-refractivity contribution in [2.24, 2.45) is 0 Å². The van der Waals surface area contributed by atoms with Gasteiger partial charge in [-0.25, -0.2) is 4.79 Å². The Labute approximate surface area is 164 Å². The van der Waals surface area contributed by atoms with Crippen LogP contribution in [0.15, 0.2) is 45.8 Å². The Bertz CT molecular complexity index is 1020. The van der Waals surface area contributed by atoms with Gasteiger partial charge in [0.25, 0.3) is 0 Å². The number of esters is 1. The third kappa shape index (κ3) is 4.30. The van der Waals surface area contributed by atoms with Gasteiger partial charge in [0.1, 0.15) is 10.6 Å². The van der Waals surface area contributed by atoms with E-state index >= 15 is 0 Å². The summed E-state index contributed by atoms with van der Waals surface area (Å²) < 4.78 is 35.5. The number of halogens is 1. The van der Waals surface area contributed by atoms with Crippen molar-refractivity contribution in [3.05, 3.63) is 52.0 Å². The van der Waals surface area contributed by atoms with Crippen LogP contribution in [-0.4, -0.2) is 26.9 Å². The summed E-state index contributed by atoms with van der Waals surface area (Å²) >= 11 is 3.17. The van der Waals surface area contributed by atoms with Gasteiger partial charge in [-0.2, -0.15) is 8.42 Å². The number of rotatable bonds is 5. The Morgan fingerprint density at radius 1 is 1.19 bits per heavy atom. The quantitative estimate of drug-likeness (QED) is 0.550. The smallest absolute Gasteiger partial charge is 0.340 e. The van der Waals surface area contributed by atoms with E-state index in [-0.39, 0.29) is 33.2 Å². The molecule has 0 radical (unpaired) electrons. The molecule has 9 heteroatoms. The van der Waals surface area contributed by atoms with Crippen LogP contribution in [0.2, 0.25) is 0 Å². The highest BCUT2D eigenvalue weighted by molar-refractivity contribution is 9.10. The van der Waals surface area contributed by atoms with Gasteiger partial charge in [0, 0.05) is 16.6 Å². The summed E-state index contributed by atoms with van der Waals surface area (Å²) in [6, 6.07) is 8.69. The van der Waals surface area contributed by atoms with Crippen molar-refractivity contribution in [1.82, 2.24) is 0 Å². The Kier molecular flexibility index (Phi) is 5.52. The van der Waals surface area contributed by atoms with Crippen LogP contribution in [0.4, 0.5) is 5.69 Å². The van der Waals surface area contributed by atoms with Gasteiger partial charge in [-0.05, 0) is 71.2 Å². The molecule has 0 aromatic heterocycles. The summed E-state index contributed by atoms with van der Waals surface area (Å²) in [5.41, 5.74) is 1.68. The largest absolute Gasteiger partial charge is 0.462 e. The SMILES string of the molecule is CCOC(=O)c1ccc(S(=O)(=O)Oc2ccc3c(c2)CCC(=O)N3)c(Br)c1. The molecular formula is C18H16BrNO6S. The summed E-state index contributed by atoms with van der Waals surface area (Å²) in [4.78, 5) is 23.0. The summed E-state index contributed by atoms with van der Waals surface area (Å²) in [5, 5.41) is 2.72. The fraction of sp³-hybridized carbons (Fsp3) is 0.222. The third-order valence-electron chi connectivity index (χ3n) is 3.89. The second-order valence-corrected chi connectivity index (χ2v) is 8.14. The molecule has 0 saturated heterocycles. The van der Waals surface area contributed by atoms with Crippen molar-refractivity contribution in [2.45, 2.75) is 24.7 Å². The van der Waals surface area contributed by atoms with Crippen molar-refractivity contribution in [1.29, 1.82) is 0 Å². The Morgan fingerprint density at radius 2 is 1.96 bits per heavy atom. The fourth-order valence-electron chi connectivity index (χ4n) is 2.63. The number of aryl methyl sites for hydroxylation is 1. The molecule has 0 bridgehead atoms. The van der Waals surface area contributed by atoms with E-state index in [2.05, 4.69) is 21.2 Å². The lowest BCUT2D eigenvalue weighted by Gasteiger charge is -2.17. The molecule has 1 N–H and O–H groups in total. The first-order chi connectivity index (χ1) is 12.8. The van der Waals surface area contributed by atoms with Crippen molar-refractivity contribution in [3.8, 4) is 5.75 Å². The van der Waals surface area contributed by atoms with Gasteiger partial charge in [0.15, 0.2) is 0 Å². The molecule has 27 heavy (non-hydrogen) atoms. The molecule has 1 aliphatic rings. The molecule has 7 nitrogen and oxygen atoms in total. The number of hydrogen-bond donors (Lipinski definition) is 1. The van der Waals surface area contributed by atoms with E-state index < -0.39 is 16.1 Å². The van der Waals surface area contributed by atoms with E-state index in [1.807, 2.05) is 0 Å². The molecule has 2 aromatic rings. The maximum absolute atomic E-state index is 12.6. The molecular weight excluding hydrogens is 438 g/mol. The highest BCUT2D eigenvalue weighted by Gasteiger charge is 2.23. The molecule has 142 valence electrons. The number of benzene rings is 2. The van der Waals surface area contributed by atoms with Gasteiger partial charge < -0.3 is 14.2 Å². The number of ether oxygens (including phenoxy) is 1. The first kappa shape index (κ1) is 19.4. The molecule has 0 aliphatic carbocycles. The van der Waals surface area contributed by atoms with Crippen LogP contribution >= 0.6 is 15.9 Å². The second kappa shape index (κ2) is 7.69. The van der Waals surface area contributed by atoms with Crippen molar-refractivity contribution in [2.75, 3.05) is 11.9 Å². The van der Waals surface area contributed by atoms with Crippen LogP contribution < -0.4 is 9.50 Å². The molecule has 1 amide bonds. The summed E-state index contributed by atoms with van der Waals surface area (Å²) in [6.45, 7) is 1.90. The molecule has 0 fully saturated rings. The first-order valence-electron chi connectivity index (χ1n) is 8.14. The second-order valence-electron chi connectivity index (χ2n) is 5.77. The topological polar surface area (TPSA) is 98.8 Å². The number of hydrogen-bond acceptors (Lipinski definition) is 6. The minimum Gasteiger partial charge on any atom is -0.462 e. The minimum absolute atomic E-state index is 0.0746. The molecule has 0 atom stereocenters. The van der Waals surface area contributed by atoms with Gasteiger partial charge in [-0.3, -0.25) is 4.79 Å². The number of nitrogens with one attached hydrogen (secondary N) is 1. The van der Waals surface area contributed by atoms with Crippen LogP contribution in [0, 0.1) is 0 Å².